The first-order valence-electron chi connectivity index (χ1n) is 13.0. The van der Waals surface area contributed by atoms with Crippen LogP contribution in [0.3, 0.4) is 0 Å². The van der Waals surface area contributed by atoms with Crippen LogP contribution in [0.15, 0.2) is 100 Å². The van der Waals surface area contributed by atoms with Crippen LogP contribution >= 0.6 is 0 Å². The van der Waals surface area contributed by atoms with Gasteiger partial charge in [0.15, 0.2) is 5.82 Å². The van der Waals surface area contributed by atoms with Crippen LogP contribution in [-0.4, -0.2) is 29.1 Å². The maximum atomic E-state index is 13.2. The zero-order valence-corrected chi connectivity index (χ0v) is 23.4. The summed E-state index contributed by atoms with van der Waals surface area (Å²) in [5, 5.41) is 7.07. The molecule has 210 valence electrons. The number of hydrogen-bond acceptors (Lipinski definition) is 7. The topological polar surface area (TPSA) is 128 Å². The van der Waals surface area contributed by atoms with Gasteiger partial charge in [-0.15, -0.1) is 0 Å². The molecule has 11 heteroatoms. The van der Waals surface area contributed by atoms with Crippen molar-refractivity contribution in [2.45, 2.75) is 38.4 Å². The van der Waals surface area contributed by atoms with E-state index in [1.54, 1.807) is 12.1 Å². The lowest BCUT2D eigenvalue weighted by atomic mass is 10.2. The summed E-state index contributed by atoms with van der Waals surface area (Å²) < 4.78 is 41.9. The molecule has 2 heterocycles. The van der Waals surface area contributed by atoms with Gasteiger partial charge in [-0.2, -0.15) is 5.10 Å². The second kappa shape index (κ2) is 12.1. The number of sulfonamides is 1. The van der Waals surface area contributed by atoms with Crippen LogP contribution in [0.1, 0.15) is 34.3 Å². The summed E-state index contributed by atoms with van der Waals surface area (Å²) >= 11 is 0. The standard InChI is InChI=1S/C30H29N5O5S/c1-3-35-19-26(29(36)31-18-22-10-6-4-7-11-22)28(33-35)34-41(37,38)25-16-14-24(15-17-25)39-20-27-21(2)40-30(32-27)23-12-8-5-9-13-23/h4-17,19H,3,18,20H2,1-2H3,(H,31,36)(H,33,34). The molecule has 0 aliphatic rings. The number of nitrogens with one attached hydrogen (secondary N) is 2. The van der Waals surface area contributed by atoms with Gasteiger partial charge in [0.25, 0.3) is 15.9 Å². The van der Waals surface area contributed by atoms with E-state index in [1.807, 2.05) is 74.5 Å². The highest BCUT2D eigenvalue weighted by molar-refractivity contribution is 7.92. The number of aromatic nitrogens is 3. The number of hydrogen-bond donors (Lipinski definition) is 2. The number of aryl methyl sites for hydroxylation is 2. The summed E-state index contributed by atoms with van der Waals surface area (Å²) in [7, 11) is -4.04. The van der Waals surface area contributed by atoms with E-state index >= 15 is 0 Å². The molecule has 10 nitrogen and oxygen atoms in total. The maximum Gasteiger partial charge on any atom is 0.263 e. The Balaban J connectivity index is 1.25. The van der Waals surface area contributed by atoms with Crippen LogP contribution in [0.5, 0.6) is 5.75 Å². The molecule has 0 aliphatic heterocycles. The van der Waals surface area contributed by atoms with E-state index in [-0.39, 0.29) is 22.9 Å². The Kier molecular flexibility index (Phi) is 8.16. The highest BCUT2D eigenvalue weighted by Gasteiger charge is 2.22. The van der Waals surface area contributed by atoms with Gasteiger partial charge < -0.3 is 14.5 Å². The largest absolute Gasteiger partial charge is 0.487 e. The molecule has 0 saturated carbocycles. The fourth-order valence-electron chi connectivity index (χ4n) is 4.02. The molecule has 0 bridgehead atoms. The Morgan fingerprint density at radius 3 is 2.34 bits per heavy atom. The predicted molar refractivity (Wildman–Crippen MR) is 154 cm³/mol. The van der Waals surface area contributed by atoms with Crippen LogP contribution in [0.2, 0.25) is 0 Å². The second-order valence-corrected chi connectivity index (χ2v) is 10.9. The zero-order valence-electron chi connectivity index (χ0n) is 22.6. The molecule has 5 aromatic rings. The van der Waals surface area contributed by atoms with Gasteiger partial charge in [0, 0.05) is 24.8 Å². The molecular formula is C30H29N5O5S. The quantitative estimate of drug-likeness (QED) is 0.224. The van der Waals surface area contributed by atoms with Gasteiger partial charge in [-0.1, -0.05) is 48.5 Å². The van der Waals surface area contributed by atoms with Crippen LogP contribution in [0.4, 0.5) is 5.82 Å². The van der Waals surface area contributed by atoms with E-state index in [2.05, 4.69) is 20.1 Å². The lowest BCUT2D eigenvalue weighted by Crippen LogP contribution is -2.24. The number of anilines is 1. The van der Waals surface area contributed by atoms with Gasteiger partial charge in [-0.05, 0) is 55.8 Å². The van der Waals surface area contributed by atoms with Crippen molar-refractivity contribution in [3.63, 3.8) is 0 Å². The third-order valence-corrected chi connectivity index (χ3v) is 7.64. The first-order chi connectivity index (χ1) is 19.8. The Morgan fingerprint density at radius 2 is 1.66 bits per heavy atom. The Morgan fingerprint density at radius 1 is 0.976 bits per heavy atom. The average molecular weight is 572 g/mol. The van der Waals surface area contributed by atoms with Crippen molar-refractivity contribution in [3.05, 3.63) is 114 Å². The molecule has 5 rings (SSSR count). The van der Waals surface area contributed by atoms with Crippen molar-refractivity contribution in [2.75, 3.05) is 4.72 Å². The molecule has 2 N–H and O–H groups in total. The molecule has 0 saturated heterocycles. The summed E-state index contributed by atoms with van der Waals surface area (Å²) in [5.74, 6) is 1.13. The summed E-state index contributed by atoms with van der Waals surface area (Å²) in [6.07, 6.45) is 1.52. The number of carbonyl (C=O) groups excluding carboxylic acids is 1. The third kappa shape index (κ3) is 6.64. The van der Waals surface area contributed by atoms with E-state index in [0.717, 1.165) is 11.1 Å². The monoisotopic (exact) mass is 571 g/mol. The summed E-state index contributed by atoms with van der Waals surface area (Å²) in [6, 6.07) is 25.0. The fraction of sp³-hybridized carbons (Fsp3) is 0.167. The molecule has 3 aromatic carbocycles. The van der Waals surface area contributed by atoms with Gasteiger partial charge in [0.1, 0.15) is 29.4 Å². The van der Waals surface area contributed by atoms with Gasteiger partial charge in [-0.25, -0.2) is 13.4 Å². The Hall–Kier alpha value is -4.90. The van der Waals surface area contributed by atoms with Crippen molar-refractivity contribution in [3.8, 4) is 17.2 Å². The van der Waals surface area contributed by atoms with Crippen LogP contribution in [0, 0.1) is 6.92 Å². The second-order valence-electron chi connectivity index (χ2n) is 9.17. The third-order valence-electron chi connectivity index (χ3n) is 6.28. The van der Waals surface area contributed by atoms with Crippen LogP contribution in [-0.2, 0) is 29.7 Å². The molecule has 2 aromatic heterocycles. The summed E-state index contributed by atoms with van der Waals surface area (Å²) in [5.41, 5.74) is 2.56. The Labute approximate surface area is 238 Å². The number of amides is 1. The molecule has 0 unspecified atom stereocenters. The molecule has 0 atom stereocenters. The van der Waals surface area contributed by atoms with Gasteiger partial charge in [0.05, 0.1) is 4.90 Å². The van der Waals surface area contributed by atoms with E-state index < -0.39 is 15.9 Å². The van der Waals surface area contributed by atoms with Crippen molar-refractivity contribution in [1.82, 2.24) is 20.1 Å². The fourth-order valence-corrected chi connectivity index (χ4v) is 5.03. The van der Waals surface area contributed by atoms with Gasteiger partial charge in [-0.3, -0.25) is 14.2 Å². The molecule has 41 heavy (non-hydrogen) atoms. The van der Waals surface area contributed by atoms with E-state index in [9.17, 15) is 13.2 Å². The number of benzene rings is 3. The predicted octanol–water partition coefficient (Wildman–Crippen LogP) is 5.18. The molecule has 0 aliphatic carbocycles. The minimum Gasteiger partial charge on any atom is -0.487 e. The number of oxazole rings is 1. The first kappa shape index (κ1) is 27.7. The Bertz CT molecular complexity index is 1730. The lowest BCUT2D eigenvalue weighted by Gasteiger charge is -2.10. The maximum absolute atomic E-state index is 13.2. The van der Waals surface area contributed by atoms with Crippen LogP contribution < -0.4 is 14.8 Å². The minimum atomic E-state index is -4.04. The lowest BCUT2D eigenvalue weighted by molar-refractivity contribution is 0.0951. The van der Waals surface area contributed by atoms with Crippen LogP contribution in [0.25, 0.3) is 11.5 Å². The zero-order chi connectivity index (χ0) is 28.8. The van der Waals surface area contributed by atoms with Gasteiger partial charge >= 0.3 is 0 Å². The minimum absolute atomic E-state index is 0.00415. The van der Waals surface area contributed by atoms with Crippen molar-refractivity contribution >= 4 is 21.7 Å². The first-order valence-corrected chi connectivity index (χ1v) is 14.5. The van der Waals surface area contributed by atoms with E-state index in [1.165, 1.54) is 23.0 Å². The molecule has 0 radical (unpaired) electrons. The molecule has 1 amide bonds. The average Bonchev–Trinajstić information content (AvgIpc) is 3.58. The number of rotatable bonds is 11. The van der Waals surface area contributed by atoms with E-state index in [4.69, 9.17) is 9.15 Å². The van der Waals surface area contributed by atoms with Gasteiger partial charge in [0.2, 0.25) is 5.89 Å². The SMILES string of the molecule is CCn1cc(C(=O)NCc2ccccc2)c(NS(=O)(=O)c2ccc(OCc3nc(-c4ccccc4)oc3C)cc2)n1. The van der Waals surface area contributed by atoms with Crippen molar-refractivity contribution in [1.29, 1.82) is 0 Å². The van der Waals surface area contributed by atoms with Crippen molar-refractivity contribution < 1.29 is 22.4 Å². The molecule has 0 fully saturated rings. The summed E-state index contributed by atoms with van der Waals surface area (Å²) in [6.45, 7) is 4.58. The van der Waals surface area contributed by atoms with E-state index in [0.29, 0.717) is 36.2 Å². The number of nitrogens with zero attached hydrogens (tertiary/aromatic N) is 3. The summed E-state index contributed by atoms with van der Waals surface area (Å²) in [4.78, 5) is 17.4. The normalized spacial score (nSPS) is 11.3. The molecular weight excluding hydrogens is 542 g/mol. The number of carbonyl (C=O) groups is 1. The molecule has 0 spiro atoms. The highest BCUT2D eigenvalue weighted by atomic mass is 32.2. The number of ether oxygens (including phenoxy) is 1. The van der Waals surface area contributed by atoms with Crippen molar-refractivity contribution in [2.24, 2.45) is 0 Å². The smallest absolute Gasteiger partial charge is 0.263 e. The highest BCUT2D eigenvalue weighted by Crippen LogP contribution is 2.24.